The standard InChI is InChI=1S/C26H37BrO4/c1-17(2)21-10-9-19(16-31-18(3)28)13-22(21)25-23(29)14-20(15-24(25)30)26(4,5)11-7-6-8-12-27/h13-15,21-22,29-30H,1,6-12,16H2,2-5H3. The summed E-state index contributed by atoms with van der Waals surface area (Å²) >= 11 is 3.47. The van der Waals surface area contributed by atoms with Crippen molar-refractivity contribution in [1.82, 2.24) is 0 Å². The lowest BCUT2D eigenvalue weighted by Crippen LogP contribution is -2.21. The van der Waals surface area contributed by atoms with Crippen molar-refractivity contribution in [2.45, 2.75) is 77.6 Å². The van der Waals surface area contributed by atoms with Gasteiger partial charge in [0.1, 0.15) is 18.1 Å². The Morgan fingerprint density at radius 2 is 1.84 bits per heavy atom. The third-order valence-corrected chi connectivity index (χ3v) is 6.97. The number of carbonyl (C=O) groups is 1. The van der Waals surface area contributed by atoms with Gasteiger partial charge in [-0.25, -0.2) is 0 Å². The number of benzene rings is 1. The van der Waals surface area contributed by atoms with Crippen LogP contribution in [0.4, 0.5) is 0 Å². The molecule has 1 aliphatic rings. The van der Waals surface area contributed by atoms with Crippen LogP contribution in [-0.4, -0.2) is 28.1 Å². The fourth-order valence-corrected chi connectivity index (χ4v) is 4.86. The van der Waals surface area contributed by atoms with Crippen molar-refractivity contribution in [3.05, 3.63) is 47.1 Å². The van der Waals surface area contributed by atoms with Crippen LogP contribution in [0.1, 0.15) is 83.3 Å². The van der Waals surface area contributed by atoms with Gasteiger partial charge in [0.2, 0.25) is 0 Å². The predicted molar refractivity (Wildman–Crippen MR) is 130 cm³/mol. The van der Waals surface area contributed by atoms with Gasteiger partial charge in [0.15, 0.2) is 0 Å². The summed E-state index contributed by atoms with van der Waals surface area (Å²) in [7, 11) is 0. The van der Waals surface area contributed by atoms with Crippen LogP contribution in [0, 0.1) is 5.92 Å². The lowest BCUT2D eigenvalue weighted by Gasteiger charge is -2.33. The highest BCUT2D eigenvalue weighted by atomic mass is 79.9. The fraction of sp³-hybridized carbons (Fsp3) is 0.577. The molecule has 1 aromatic carbocycles. The van der Waals surface area contributed by atoms with Crippen molar-refractivity contribution in [1.29, 1.82) is 0 Å². The molecule has 0 bridgehead atoms. The highest BCUT2D eigenvalue weighted by molar-refractivity contribution is 9.09. The molecule has 4 nitrogen and oxygen atoms in total. The highest BCUT2D eigenvalue weighted by Crippen LogP contribution is 2.48. The molecule has 0 heterocycles. The molecule has 2 rings (SSSR count). The lowest BCUT2D eigenvalue weighted by atomic mass is 9.72. The minimum atomic E-state index is -0.312. The molecular formula is C26H37BrO4. The van der Waals surface area contributed by atoms with Crippen molar-refractivity contribution in [3.8, 4) is 11.5 Å². The Labute approximate surface area is 195 Å². The van der Waals surface area contributed by atoms with Crippen molar-refractivity contribution in [2.75, 3.05) is 11.9 Å². The Morgan fingerprint density at radius 1 is 1.19 bits per heavy atom. The number of hydrogen-bond donors (Lipinski definition) is 2. The first-order valence-electron chi connectivity index (χ1n) is 11.2. The summed E-state index contributed by atoms with van der Waals surface area (Å²) in [5, 5.41) is 23.0. The van der Waals surface area contributed by atoms with Crippen LogP contribution in [0.2, 0.25) is 0 Å². The first-order valence-corrected chi connectivity index (χ1v) is 12.3. The van der Waals surface area contributed by atoms with Gasteiger partial charge < -0.3 is 14.9 Å². The van der Waals surface area contributed by atoms with E-state index in [-0.39, 0.29) is 41.3 Å². The molecular weight excluding hydrogens is 456 g/mol. The maximum atomic E-state index is 11.2. The van der Waals surface area contributed by atoms with E-state index in [9.17, 15) is 15.0 Å². The van der Waals surface area contributed by atoms with Crippen LogP contribution < -0.4 is 0 Å². The third-order valence-electron chi connectivity index (χ3n) is 6.41. The monoisotopic (exact) mass is 492 g/mol. The second kappa shape index (κ2) is 11.2. The summed E-state index contributed by atoms with van der Waals surface area (Å²) < 4.78 is 5.18. The van der Waals surface area contributed by atoms with Gasteiger partial charge in [-0.3, -0.25) is 4.79 Å². The Bertz CT molecular complexity index is 802. The van der Waals surface area contributed by atoms with Gasteiger partial charge in [-0.15, -0.1) is 0 Å². The topological polar surface area (TPSA) is 66.8 Å². The SMILES string of the molecule is C=C(C)C1CCC(COC(C)=O)=CC1c1c(O)cc(C(C)(C)CCCCCBr)cc1O. The average Bonchev–Trinajstić information content (AvgIpc) is 2.69. The Hall–Kier alpha value is -1.75. The molecule has 2 unspecified atom stereocenters. The van der Waals surface area contributed by atoms with E-state index in [1.807, 2.05) is 25.1 Å². The molecule has 0 saturated carbocycles. The zero-order chi connectivity index (χ0) is 23.2. The predicted octanol–water partition coefficient (Wildman–Crippen LogP) is 6.89. The molecule has 2 atom stereocenters. The molecule has 1 aromatic rings. The number of rotatable bonds is 10. The minimum Gasteiger partial charge on any atom is -0.507 e. The molecule has 0 aliphatic heterocycles. The summed E-state index contributed by atoms with van der Waals surface area (Å²) in [5.41, 5.74) is 3.36. The first-order chi connectivity index (χ1) is 14.6. The van der Waals surface area contributed by atoms with Gasteiger partial charge in [-0.05, 0) is 67.2 Å². The second-order valence-corrected chi connectivity index (χ2v) is 10.2. The van der Waals surface area contributed by atoms with Crippen LogP contribution >= 0.6 is 15.9 Å². The second-order valence-electron chi connectivity index (χ2n) is 9.43. The van der Waals surface area contributed by atoms with Gasteiger partial charge in [-0.2, -0.15) is 0 Å². The molecule has 0 amide bonds. The van der Waals surface area contributed by atoms with Gasteiger partial charge in [-0.1, -0.05) is 60.8 Å². The molecule has 0 spiro atoms. The number of allylic oxidation sites excluding steroid dienone is 2. The molecule has 0 saturated heterocycles. The van der Waals surface area contributed by atoms with Crippen molar-refractivity contribution in [2.24, 2.45) is 5.92 Å². The van der Waals surface area contributed by atoms with Crippen LogP contribution in [0.15, 0.2) is 35.9 Å². The summed E-state index contributed by atoms with van der Waals surface area (Å²) in [4.78, 5) is 11.2. The van der Waals surface area contributed by atoms with E-state index in [1.54, 1.807) is 0 Å². The van der Waals surface area contributed by atoms with Gasteiger partial charge in [0.25, 0.3) is 0 Å². The number of carbonyl (C=O) groups excluding carboxylic acids is 1. The van der Waals surface area contributed by atoms with Crippen LogP contribution in [0.3, 0.4) is 0 Å². The van der Waals surface area contributed by atoms with E-state index >= 15 is 0 Å². The zero-order valence-electron chi connectivity index (χ0n) is 19.3. The average molecular weight is 493 g/mol. The van der Waals surface area contributed by atoms with Crippen molar-refractivity contribution < 1.29 is 19.7 Å². The number of aromatic hydroxyl groups is 2. The minimum absolute atomic E-state index is 0.112. The fourth-order valence-electron chi connectivity index (χ4n) is 4.46. The maximum Gasteiger partial charge on any atom is 0.302 e. The van der Waals surface area contributed by atoms with Gasteiger partial charge >= 0.3 is 5.97 Å². The summed E-state index contributed by atoms with van der Waals surface area (Å²) in [5.74, 6) is -0.170. The van der Waals surface area contributed by atoms with Crippen molar-refractivity contribution in [3.63, 3.8) is 0 Å². The molecule has 0 aromatic heterocycles. The zero-order valence-corrected chi connectivity index (χ0v) is 20.9. The molecule has 0 radical (unpaired) electrons. The largest absolute Gasteiger partial charge is 0.507 e. The van der Waals surface area contributed by atoms with E-state index < -0.39 is 0 Å². The van der Waals surface area contributed by atoms with E-state index in [0.29, 0.717) is 5.56 Å². The number of hydrogen-bond acceptors (Lipinski definition) is 4. The highest BCUT2D eigenvalue weighted by Gasteiger charge is 2.32. The smallest absolute Gasteiger partial charge is 0.302 e. The molecule has 0 fully saturated rings. The lowest BCUT2D eigenvalue weighted by molar-refractivity contribution is -0.140. The number of unbranched alkanes of at least 4 members (excludes halogenated alkanes) is 2. The van der Waals surface area contributed by atoms with E-state index in [0.717, 1.165) is 60.6 Å². The molecule has 2 N–H and O–H groups in total. The molecule has 1 aliphatic carbocycles. The molecule has 5 heteroatoms. The van der Waals surface area contributed by atoms with Crippen LogP contribution in [0.25, 0.3) is 0 Å². The number of phenolic OH excluding ortho intramolecular Hbond substituents is 2. The summed E-state index contributed by atoms with van der Waals surface area (Å²) in [6, 6.07) is 3.62. The van der Waals surface area contributed by atoms with Crippen molar-refractivity contribution >= 4 is 21.9 Å². The van der Waals surface area contributed by atoms with E-state index in [1.165, 1.54) is 6.92 Å². The Morgan fingerprint density at radius 3 is 2.39 bits per heavy atom. The van der Waals surface area contributed by atoms with Gasteiger partial charge in [0.05, 0.1) is 0 Å². The number of halogens is 1. The number of alkyl halides is 1. The maximum absolute atomic E-state index is 11.2. The normalized spacial score (nSPS) is 19.1. The Kier molecular flexibility index (Phi) is 9.23. The number of ether oxygens (including phenoxy) is 1. The molecule has 172 valence electrons. The van der Waals surface area contributed by atoms with E-state index in [2.05, 4.69) is 36.4 Å². The Balaban J connectivity index is 2.35. The molecule has 31 heavy (non-hydrogen) atoms. The third kappa shape index (κ3) is 6.86. The van der Waals surface area contributed by atoms with Crippen LogP contribution in [0.5, 0.6) is 11.5 Å². The van der Waals surface area contributed by atoms with Gasteiger partial charge in [0, 0.05) is 23.7 Å². The quantitative estimate of drug-likeness (QED) is 0.161. The number of esters is 1. The van der Waals surface area contributed by atoms with E-state index in [4.69, 9.17) is 4.74 Å². The first kappa shape index (κ1) is 25.5. The summed E-state index contributed by atoms with van der Waals surface area (Å²) in [6.07, 6.45) is 8.08. The van der Waals surface area contributed by atoms with Crippen LogP contribution in [-0.2, 0) is 14.9 Å². The number of phenols is 2. The summed E-state index contributed by atoms with van der Waals surface area (Å²) in [6.45, 7) is 12.1.